The molecule has 1 aliphatic heterocycles. The van der Waals surface area contributed by atoms with Crippen LogP contribution in [0.3, 0.4) is 0 Å². The summed E-state index contributed by atoms with van der Waals surface area (Å²) < 4.78 is 0. The third-order valence-corrected chi connectivity index (χ3v) is 4.82. The van der Waals surface area contributed by atoms with Crippen molar-refractivity contribution in [3.05, 3.63) is 65.0 Å². The average Bonchev–Trinajstić information content (AvgIpc) is 2.99. The highest BCUT2D eigenvalue weighted by Crippen LogP contribution is 2.20. The Labute approximate surface area is 148 Å². The minimum absolute atomic E-state index is 0.0396. The van der Waals surface area contributed by atoms with Crippen molar-refractivity contribution in [2.45, 2.75) is 26.4 Å². The molecular weight excluding hydrogens is 314 g/mol. The van der Waals surface area contributed by atoms with E-state index in [0.717, 1.165) is 36.5 Å². The molecule has 1 aliphatic rings. The van der Waals surface area contributed by atoms with Gasteiger partial charge in [-0.1, -0.05) is 23.8 Å². The lowest BCUT2D eigenvalue weighted by Gasteiger charge is -2.19. The number of rotatable bonds is 5. The van der Waals surface area contributed by atoms with E-state index >= 15 is 0 Å². The molecule has 1 fully saturated rings. The van der Waals surface area contributed by atoms with Crippen LogP contribution in [0.4, 0.5) is 0 Å². The van der Waals surface area contributed by atoms with Gasteiger partial charge in [-0.25, -0.2) is 0 Å². The Morgan fingerprint density at radius 3 is 2.84 bits per heavy atom. The Hall–Kier alpha value is -2.24. The molecule has 2 N–H and O–H groups in total. The van der Waals surface area contributed by atoms with Crippen LogP contribution in [-0.4, -0.2) is 46.6 Å². The fraction of sp³-hybridized carbons (Fsp3) is 0.400. The van der Waals surface area contributed by atoms with E-state index in [4.69, 9.17) is 0 Å². The molecule has 0 radical (unpaired) electrons. The number of hydrogen-bond acceptors (Lipinski definition) is 4. The fourth-order valence-electron chi connectivity index (χ4n) is 3.39. The quantitative estimate of drug-likeness (QED) is 0.873. The number of carbonyl (C=O) groups excluding carboxylic acids is 1. The van der Waals surface area contributed by atoms with E-state index in [-0.39, 0.29) is 24.5 Å². The van der Waals surface area contributed by atoms with Crippen LogP contribution in [0.5, 0.6) is 0 Å². The molecule has 0 saturated carbocycles. The van der Waals surface area contributed by atoms with E-state index in [0.29, 0.717) is 5.56 Å². The number of likely N-dealkylation sites (tertiary alicyclic amines) is 1. The van der Waals surface area contributed by atoms with Gasteiger partial charge in [0, 0.05) is 50.0 Å². The standard InChI is InChI=1S/C20H25N3O2/c1-14-6-7-15(2)18(9-14)20(25)22-19-12-23(10-16(19)13-24)11-17-5-3-4-8-21-17/h3-9,16,19,24H,10-13H2,1-2H3,(H,22,25)/t16-,19+/m0/s1. The maximum absolute atomic E-state index is 12.7. The Morgan fingerprint density at radius 2 is 2.12 bits per heavy atom. The van der Waals surface area contributed by atoms with Gasteiger partial charge in [0.2, 0.25) is 0 Å². The van der Waals surface area contributed by atoms with Crippen LogP contribution in [0.2, 0.25) is 0 Å². The first kappa shape index (κ1) is 17.6. The molecule has 1 amide bonds. The number of nitrogens with zero attached hydrogens (tertiary/aromatic N) is 2. The molecular formula is C20H25N3O2. The van der Waals surface area contributed by atoms with Gasteiger partial charge in [-0.2, -0.15) is 0 Å². The Balaban J connectivity index is 1.67. The van der Waals surface area contributed by atoms with E-state index in [1.54, 1.807) is 6.20 Å². The minimum atomic E-state index is -0.0654. The van der Waals surface area contributed by atoms with Crippen molar-refractivity contribution >= 4 is 5.91 Å². The van der Waals surface area contributed by atoms with Crippen LogP contribution in [-0.2, 0) is 6.54 Å². The van der Waals surface area contributed by atoms with E-state index in [9.17, 15) is 9.90 Å². The number of hydrogen-bond donors (Lipinski definition) is 2. The van der Waals surface area contributed by atoms with E-state index in [1.165, 1.54) is 0 Å². The Morgan fingerprint density at radius 1 is 1.28 bits per heavy atom. The zero-order valence-corrected chi connectivity index (χ0v) is 14.8. The average molecular weight is 339 g/mol. The smallest absolute Gasteiger partial charge is 0.251 e. The van der Waals surface area contributed by atoms with Crippen molar-refractivity contribution in [2.24, 2.45) is 5.92 Å². The number of aliphatic hydroxyl groups is 1. The van der Waals surface area contributed by atoms with Crippen LogP contribution >= 0.6 is 0 Å². The molecule has 5 nitrogen and oxygen atoms in total. The first-order valence-electron chi connectivity index (χ1n) is 8.68. The van der Waals surface area contributed by atoms with E-state index < -0.39 is 0 Å². The molecule has 2 aromatic rings. The van der Waals surface area contributed by atoms with Crippen molar-refractivity contribution in [1.82, 2.24) is 15.2 Å². The number of nitrogens with one attached hydrogen (secondary N) is 1. The van der Waals surface area contributed by atoms with Gasteiger partial charge in [0.15, 0.2) is 0 Å². The Kier molecular flexibility index (Phi) is 5.46. The van der Waals surface area contributed by atoms with E-state index in [1.807, 2.05) is 50.2 Å². The first-order valence-corrected chi connectivity index (χ1v) is 8.68. The lowest BCUT2D eigenvalue weighted by Crippen LogP contribution is -2.41. The SMILES string of the molecule is Cc1ccc(C)c(C(=O)N[C@@H]2CN(Cc3ccccn3)C[C@H]2CO)c1. The third-order valence-electron chi connectivity index (χ3n) is 4.82. The maximum Gasteiger partial charge on any atom is 0.251 e. The summed E-state index contributed by atoms with van der Waals surface area (Å²) in [6.45, 7) is 6.20. The van der Waals surface area contributed by atoms with Crippen LogP contribution in [0.15, 0.2) is 42.6 Å². The lowest BCUT2D eigenvalue weighted by atomic mass is 10.0. The van der Waals surface area contributed by atoms with Gasteiger partial charge in [-0.05, 0) is 37.6 Å². The summed E-state index contributed by atoms with van der Waals surface area (Å²) in [7, 11) is 0. The number of carbonyl (C=O) groups is 1. The zero-order valence-electron chi connectivity index (χ0n) is 14.8. The topological polar surface area (TPSA) is 65.5 Å². The van der Waals surface area contributed by atoms with Gasteiger partial charge in [0.1, 0.15) is 0 Å². The first-order chi connectivity index (χ1) is 12.1. The second-order valence-corrected chi connectivity index (χ2v) is 6.86. The number of amides is 1. The summed E-state index contributed by atoms with van der Waals surface area (Å²) in [5.41, 5.74) is 3.74. The maximum atomic E-state index is 12.7. The zero-order chi connectivity index (χ0) is 17.8. The molecule has 2 atom stereocenters. The largest absolute Gasteiger partial charge is 0.396 e. The predicted octanol–water partition coefficient (Wildman–Crippen LogP) is 1.92. The molecule has 0 spiro atoms. The Bertz CT molecular complexity index is 733. The fourth-order valence-corrected chi connectivity index (χ4v) is 3.39. The van der Waals surface area contributed by atoms with Gasteiger partial charge >= 0.3 is 0 Å². The molecule has 1 aromatic carbocycles. The van der Waals surface area contributed by atoms with Crippen LogP contribution in [0, 0.1) is 19.8 Å². The molecule has 1 aromatic heterocycles. The number of benzene rings is 1. The summed E-state index contributed by atoms with van der Waals surface area (Å²) in [4.78, 5) is 19.3. The second-order valence-electron chi connectivity index (χ2n) is 6.86. The highest BCUT2D eigenvalue weighted by Gasteiger charge is 2.33. The summed E-state index contributed by atoms with van der Waals surface area (Å²) in [5, 5.41) is 12.8. The summed E-state index contributed by atoms with van der Waals surface area (Å²) in [6.07, 6.45) is 1.79. The van der Waals surface area contributed by atoms with E-state index in [2.05, 4.69) is 15.2 Å². The highest BCUT2D eigenvalue weighted by atomic mass is 16.3. The summed E-state index contributed by atoms with van der Waals surface area (Å²) in [5.74, 6) is -0.0258. The molecule has 2 heterocycles. The molecule has 0 bridgehead atoms. The number of aryl methyl sites for hydroxylation is 2. The number of aliphatic hydroxyl groups excluding tert-OH is 1. The normalized spacial score (nSPS) is 20.6. The van der Waals surface area contributed by atoms with Crippen molar-refractivity contribution in [3.63, 3.8) is 0 Å². The number of pyridine rings is 1. The van der Waals surface area contributed by atoms with Gasteiger partial charge < -0.3 is 10.4 Å². The predicted molar refractivity (Wildman–Crippen MR) is 97.3 cm³/mol. The monoisotopic (exact) mass is 339 g/mol. The number of aromatic nitrogens is 1. The molecule has 5 heteroatoms. The van der Waals surface area contributed by atoms with Crippen LogP contribution in [0.1, 0.15) is 27.2 Å². The minimum Gasteiger partial charge on any atom is -0.396 e. The molecule has 0 aliphatic carbocycles. The lowest BCUT2D eigenvalue weighted by molar-refractivity contribution is 0.0920. The van der Waals surface area contributed by atoms with Crippen molar-refractivity contribution < 1.29 is 9.90 Å². The van der Waals surface area contributed by atoms with Gasteiger partial charge in [-0.3, -0.25) is 14.7 Å². The third kappa shape index (κ3) is 4.24. The van der Waals surface area contributed by atoms with Gasteiger partial charge in [-0.15, -0.1) is 0 Å². The van der Waals surface area contributed by atoms with Crippen molar-refractivity contribution in [3.8, 4) is 0 Å². The molecule has 132 valence electrons. The van der Waals surface area contributed by atoms with Crippen LogP contribution in [0.25, 0.3) is 0 Å². The van der Waals surface area contributed by atoms with Crippen LogP contribution < -0.4 is 5.32 Å². The molecule has 3 rings (SSSR count). The highest BCUT2D eigenvalue weighted by molar-refractivity contribution is 5.96. The molecule has 25 heavy (non-hydrogen) atoms. The summed E-state index contributed by atoms with van der Waals surface area (Å²) in [6, 6.07) is 11.7. The molecule has 0 unspecified atom stereocenters. The van der Waals surface area contributed by atoms with Crippen molar-refractivity contribution in [2.75, 3.05) is 19.7 Å². The van der Waals surface area contributed by atoms with Gasteiger partial charge in [0.25, 0.3) is 5.91 Å². The molecule has 1 saturated heterocycles. The second kappa shape index (κ2) is 7.76. The summed E-state index contributed by atoms with van der Waals surface area (Å²) >= 11 is 0. The van der Waals surface area contributed by atoms with Crippen molar-refractivity contribution in [1.29, 1.82) is 0 Å². The van der Waals surface area contributed by atoms with Gasteiger partial charge in [0.05, 0.1) is 5.69 Å².